The van der Waals surface area contributed by atoms with E-state index in [-0.39, 0.29) is 0 Å². The van der Waals surface area contributed by atoms with Crippen LogP contribution >= 0.6 is 0 Å². The maximum atomic E-state index is 5.11. The minimum Gasteiger partial charge on any atom is -0.360 e. The summed E-state index contributed by atoms with van der Waals surface area (Å²) in [6, 6.07) is 23.4. The SMILES string of the molecule is Cc1cc(Nc2cc(Nc3ccccc3)nc(-c3ccccc3)n2)no1. The van der Waals surface area contributed by atoms with Gasteiger partial charge in [0, 0.05) is 23.4 Å². The molecule has 26 heavy (non-hydrogen) atoms. The van der Waals surface area contributed by atoms with Gasteiger partial charge in [0.25, 0.3) is 0 Å². The van der Waals surface area contributed by atoms with Crippen molar-refractivity contribution in [2.45, 2.75) is 6.92 Å². The number of anilines is 4. The normalized spacial score (nSPS) is 10.5. The van der Waals surface area contributed by atoms with E-state index in [1.54, 1.807) is 0 Å². The molecule has 0 radical (unpaired) electrons. The van der Waals surface area contributed by atoms with Gasteiger partial charge in [-0.1, -0.05) is 53.7 Å². The molecular formula is C20H17N5O. The molecule has 0 amide bonds. The molecule has 0 aliphatic heterocycles. The van der Waals surface area contributed by atoms with Gasteiger partial charge in [0.2, 0.25) is 0 Å². The molecule has 4 rings (SSSR count). The lowest BCUT2D eigenvalue weighted by Gasteiger charge is -2.10. The first-order valence-corrected chi connectivity index (χ1v) is 8.23. The third-order valence-corrected chi connectivity index (χ3v) is 3.69. The molecule has 0 saturated carbocycles. The highest BCUT2D eigenvalue weighted by atomic mass is 16.5. The van der Waals surface area contributed by atoms with E-state index >= 15 is 0 Å². The summed E-state index contributed by atoms with van der Waals surface area (Å²) in [6.45, 7) is 1.84. The molecule has 2 heterocycles. The van der Waals surface area contributed by atoms with Gasteiger partial charge in [0.05, 0.1) is 0 Å². The van der Waals surface area contributed by atoms with Crippen molar-refractivity contribution in [2.24, 2.45) is 0 Å². The minimum atomic E-state index is 0.603. The Kier molecular flexibility index (Phi) is 4.30. The van der Waals surface area contributed by atoms with Gasteiger partial charge in [-0.15, -0.1) is 0 Å². The molecule has 0 spiro atoms. The van der Waals surface area contributed by atoms with Crippen molar-refractivity contribution in [1.29, 1.82) is 0 Å². The largest absolute Gasteiger partial charge is 0.360 e. The van der Waals surface area contributed by atoms with Crippen molar-refractivity contribution >= 4 is 23.1 Å². The summed E-state index contributed by atoms with van der Waals surface area (Å²) in [5, 5.41) is 10.4. The topological polar surface area (TPSA) is 75.9 Å². The van der Waals surface area contributed by atoms with E-state index < -0.39 is 0 Å². The number of nitrogens with one attached hydrogen (secondary N) is 2. The van der Waals surface area contributed by atoms with Crippen LogP contribution in [0.15, 0.2) is 77.3 Å². The van der Waals surface area contributed by atoms with E-state index in [0.29, 0.717) is 23.3 Å². The average Bonchev–Trinajstić information content (AvgIpc) is 3.08. The first-order valence-electron chi connectivity index (χ1n) is 8.23. The predicted molar refractivity (Wildman–Crippen MR) is 102 cm³/mol. The predicted octanol–water partition coefficient (Wildman–Crippen LogP) is 4.93. The van der Waals surface area contributed by atoms with Gasteiger partial charge in [-0.25, -0.2) is 9.97 Å². The van der Waals surface area contributed by atoms with Gasteiger partial charge in [-0.3, -0.25) is 0 Å². The number of hydrogen-bond donors (Lipinski definition) is 2. The molecule has 0 aliphatic carbocycles. The Morgan fingerprint density at radius 2 is 1.38 bits per heavy atom. The molecule has 6 nitrogen and oxygen atoms in total. The van der Waals surface area contributed by atoms with Crippen molar-refractivity contribution in [3.05, 3.63) is 78.6 Å². The lowest BCUT2D eigenvalue weighted by Crippen LogP contribution is -2.01. The second-order valence-corrected chi connectivity index (χ2v) is 5.77. The molecule has 0 atom stereocenters. The Balaban J connectivity index is 1.71. The number of rotatable bonds is 5. The molecule has 128 valence electrons. The van der Waals surface area contributed by atoms with Crippen LogP contribution in [-0.2, 0) is 0 Å². The van der Waals surface area contributed by atoms with Crippen molar-refractivity contribution in [2.75, 3.05) is 10.6 Å². The van der Waals surface area contributed by atoms with Crippen LogP contribution in [0.3, 0.4) is 0 Å². The van der Waals surface area contributed by atoms with Crippen molar-refractivity contribution in [3.8, 4) is 11.4 Å². The molecule has 2 N–H and O–H groups in total. The molecule has 6 heteroatoms. The van der Waals surface area contributed by atoms with Crippen LogP contribution in [-0.4, -0.2) is 15.1 Å². The van der Waals surface area contributed by atoms with E-state index in [1.807, 2.05) is 79.7 Å². The molecule has 0 fully saturated rings. The number of benzene rings is 2. The highest BCUT2D eigenvalue weighted by molar-refractivity contribution is 5.67. The number of aromatic nitrogens is 3. The van der Waals surface area contributed by atoms with E-state index in [0.717, 1.165) is 17.0 Å². The smallest absolute Gasteiger partial charge is 0.175 e. The molecule has 2 aromatic heterocycles. The van der Waals surface area contributed by atoms with E-state index in [2.05, 4.69) is 25.8 Å². The maximum absolute atomic E-state index is 5.11. The summed E-state index contributed by atoms with van der Waals surface area (Å²) >= 11 is 0. The van der Waals surface area contributed by atoms with Crippen LogP contribution < -0.4 is 10.6 Å². The van der Waals surface area contributed by atoms with Crippen LogP contribution in [0.2, 0.25) is 0 Å². The molecule has 0 unspecified atom stereocenters. The average molecular weight is 343 g/mol. The van der Waals surface area contributed by atoms with Gasteiger partial charge >= 0.3 is 0 Å². The summed E-state index contributed by atoms with van der Waals surface area (Å²) in [6.07, 6.45) is 0. The van der Waals surface area contributed by atoms with Gasteiger partial charge in [-0.05, 0) is 19.1 Å². The van der Waals surface area contributed by atoms with Gasteiger partial charge < -0.3 is 15.2 Å². The Bertz CT molecular complexity index is 999. The Hall–Kier alpha value is -3.67. The highest BCUT2D eigenvalue weighted by Gasteiger charge is 2.09. The summed E-state index contributed by atoms with van der Waals surface area (Å²) in [4.78, 5) is 9.25. The maximum Gasteiger partial charge on any atom is 0.175 e. The first-order chi connectivity index (χ1) is 12.8. The quantitative estimate of drug-likeness (QED) is 0.535. The number of aryl methyl sites for hydroxylation is 1. The van der Waals surface area contributed by atoms with E-state index in [9.17, 15) is 0 Å². The number of hydrogen-bond acceptors (Lipinski definition) is 6. The summed E-state index contributed by atoms with van der Waals surface area (Å²) < 4.78 is 5.11. The number of para-hydroxylation sites is 1. The molecule has 2 aromatic carbocycles. The number of nitrogens with zero attached hydrogens (tertiary/aromatic N) is 3. The highest BCUT2D eigenvalue weighted by Crippen LogP contribution is 2.24. The minimum absolute atomic E-state index is 0.603. The fourth-order valence-electron chi connectivity index (χ4n) is 2.52. The summed E-state index contributed by atoms with van der Waals surface area (Å²) in [5.41, 5.74) is 1.89. The van der Waals surface area contributed by atoms with E-state index in [1.165, 1.54) is 0 Å². The van der Waals surface area contributed by atoms with Gasteiger partial charge in [0.1, 0.15) is 17.4 Å². The lowest BCUT2D eigenvalue weighted by molar-refractivity contribution is 0.400. The van der Waals surface area contributed by atoms with Crippen LogP contribution in [0, 0.1) is 6.92 Å². The van der Waals surface area contributed by atoms with Crippen LogP contribution in [0.5, 0.6) is 0 Å². The molecule has 0 bridgehead atoms. The lowest BCUT2D eigenvalue weighted by atomic mass is 10.2. The van der Waals surface area contributed by atoms with Crippen LogP contribution in [0.4, 0.5) is 23.1 Å². The third kappa shape index (κ3) is 3.70. The standard InChI is InChI=1S/C20H17N5O/c1-14-12-19(25-26-14)22-18-13-17(21-16-10-6-3-7-11-16)23-20(24-18)15-8-4-2-5-9-15/h2-13H,1H3,(H2,21,22,23,24,25). The zero-order chi connectivity index (χ0) is 17.8. The molecule has 0 aliphatic rings. The monoisotopic (exact) mass is 343 g/mol. The Morgan fingerprint density at radius 1 is 0.731 bits per heavy atom. The Morgan fingerprint density at radius 3 is 2.04 bits per heavy atom. The fourth-order valence-corrected chi connectivity index (χ4v) is 2.52. The fraction of sp³-hybridized carbons (Fsp3) is 0.0500. The summed E-state index contributed by atoms with van der Waals surface area (Å²) in [7, 11) is 0. The zero-order valence-corrected chi connectivity index (χ0v) is 14.2. The van der Waals surface area contributed by atoms with Crippen molar-refractivity contribution in [1.82, 2.24) is 15.1 Å². The molecular weight excluding hydrogens is 326 g/mol. The third-order valence-electron chi connectivity index (χ3n) is 3.69. The van der Waals surface area contributed by atoms with Crippen molar-refractivity contribution in [3.63, 3.8) is 0 Å². The second-order valence-electron chi connectivity index (χ2n) is 5.77. The van der Waals surface area contributed by atoms with Gasteiger partial charge in [-0.2, -0.15) is 0 Å². The summed E-state index contributed by atoms with van der Waals surface area (Å²) in [5.74, 6) is 3.27. The van der Waals surface area contributed by atoms with Gasteiger partial charge in [0.15, 0.2) is 11.6 Å². The van der Waals surface area contributed by atoms with Crippen LogP contribution in [0.1, 0.15) is 5.76 Å². The molecule has 0 saturated heterocycles. The zero-order valence-electron chi connectivity index (χ0n) is 14.2. The Labute approximate surface area is 150 Å². The van der Waals surface area contributed by atoms with E-state index in [4.69, 9.17) is 4.52 Å². The first kappa shape index (κ1) is 15.8. The molecule has 4 aromatic rings. The van der Waals surface area contributed by atoms with Crippen molar-refractivity contribution < 1.29 is 4.52 Å². The second kappa shape index (κ2) is 7.06. The van der Waals surface area contributed by atoms with Crippen LogP contribution in [0.25, 0.3) is 11.4 Å².